The summed E-state index contributed by atoms with van der Waals surface area (Å²) < 4.78 is 10.7. The Morgan fingerprint density at radius 2 is 2.00 bits per heavy atom. The number of ether oxygens (including phenoxy) is 2. The Bertz CT molecular complexity index is 591. The number of anilines is 1. The lowest BCUT2D eigenvalue weighted by Gasteiger charge is -2.12. The van der Waals surface area contributed by atoms with Crippen LogP contribution in [-0.4, -0.2) is 24.4 Å². The molecule has 0 spiro atoms. The molecule has 0 radical (unpaired) electrons. The lowest BCUT2D eigenvalue weighted by Crippen LogP contribution is -2.00. The van der Waals surface area contributed by atoms with E-state index in [0.29, 0.717) is 11.7 Å². The Morgan fingerprint density at radius 1 is 1.25 bits per heavy atom. The van der Waals surface area contributed by atoms with Crippen molar-refractivity contribution in [1.82, 2.24) is 10.2 Å². The summed E-state index contributed by atoms with van der Waals surface area (Å²) in [5.74, 6) is 2.56. The molecule has 5 heteroatoms. The number of benzene rings is 1. The second-order valence-corrected chi connectivity index (χ2v) is 5.13. The summed E-state index contributed by atoms with van der Waals surface area (Å²) >= 11 is 0. The molecule has 0 aliphatic rings. The first-order valence-electron chi connectivity index (χ1n) is 6.62. The fraction of sp³-hybridized carbons (Fsp3) is 0.400. The Kier molecular flexibility index (Phi) is 4.17. The van der Waals surface area contributed by atoms with Crippen molar-refractivity contribution in [3.63, 3.8) is 0 Å². The van der Waals surface area contributed by atoms with Gasteiger partial charge in [0.1, 0.15) is 17.3 Å². The standard InChI is InChI=1S/C15H21N3O2/c1-9(2)7-12-14(17-18-15(12)16)11-8-10(19-3)5-6-13(11)20-4/h5-6,8-9H,7H2,1-4H3,(H3,16,17,18). The van der Waals surface area contributed by atoms with Crippen LogP contribution in [0.15, 0.2) is 18.2 Å². The third-order valence-corrected chi connectivity index (χ3v) is 3.19. The van der Waals surface area contributed by atoms with Gasteiger partial charge < -0.3 is 15.2 Å². The summed E-state index contributed by atoms with van der Waals surface area (Å²) in [5.41, 5.74) is 8.80. The summed E-state index contributed by atoms with van der Waals surface area (Å²) in [6.45, 7) is 4.30. The van der Waals surface area contributed by atoms with Crippen molar-refractivity contribution in [2.24, 2.45) is 5.92 Å². The van der Waals surface area contributed by atoms with E-state index in [9.17, 15) is 0 Å². The zero-order chi connectivity index (χ0) is 14.7. The van der Waals surface area contributed by atoms with E-state index in [-0.39, 0.29) is 0 Å². The minimum atomic E-state index is 0.491. The predicted octanol–water partition coefficient (Wildman–Crippen LogP) is 2.87. The van der Waals surface area contributed by atoms with Crippen molar-refractivity contribution < 1.29 is 9.47 Å². The average Bonchev–Trinajstić information content (AvgIpc) is 2.79. The quantitative estimate of drug-likeness (QED) is 0.880. The maximum absolute atomic E-state index is 5.97. The van der Waals surface area contributed by atoms with Gasteiger partial charge in [-0.1, -0.05) is 13.8 Å². The number of hydrogen-bond acceptors (Lipinski definition) is 4. The van der Waals surface area contributed by atoms with Gasteiger partial charge in [0.2, 0.25) is 0 Å². The van der Waals surface area contributed by atoms with Crippen LogP contribution in [0.2, 0.25) is 0 Å². The van der Waals surface area contributed by atoms with Gasteiger partial charge in [-0.3, -0.25) is 5.10 Å². The Hall–Kier alpha value is -2.17. The van der Waals surface area contributed by atoms with Crippen LogP contribution in [0.25, 0.3) is 11.3 Å². The van der Waals surface area contributed by atoms with Gasteiger partial charge >= 0.3 is 0 Å². The van der Waals surface area contributed by atoms with Gasteiger partial charge in [-0.05, 0) is 30.5 Å². The third-order valence-electron chi connectivity index (χ3n) is 3.19. The summed E-state index contributed by atoms with van der Waals surface area (Å²) in [7, 11) is 3.29. The zero-order valence-corrected chi connectivity index (χ0v) is 12.4. The van der Waals surface area contributed by atoms with Crippen LogP contribution in [0.5, 0.6) is 11.5 Å². The minimum Gasteiger partial charge on any atom is -0.497 e. The van der Waals surface area contributed by atoms with Crippen LogP contribution < -0.4 is 15.2 Å². The highest BCUT2D eigenvalue weighted by molar-refractivity contribution is 5.74. The highest BCUT2D eigenvalue weighted by Crippen LogP contribution is 2.36. The topological polar surface area (TPSA) is 73.2 Å². The lowest BCUT2D eigenvalue weighted by atomic mass is 9.98. The van der Waals surface area contributed by atoms with E-state index in [1.54, 1.807) is 14.2 Å². The molecule has 0 fully saturated rings. The highest BCUT2D eigenvalue weighted by Gasteiger charge is 2.17. The van der Waals surface area contributed by atoms with E-state index < -0.39 is 0 Å². The molecule has 0 amide bonds. The number of nitrogens with one attached hydrogen (secondary N) is 1. The van der Waals surface area contributed by atoms with Crippen molar-refractivity contribution in [3.05, 3.63) is 23.8 Å². The highest BCUT2D eigenvalue weighted by atomic mass is 16.5. The average molecular weight is 275 g/mol. The van der Waals surface area contributed by atoms with Gasteiger partial charge in [0.05, 0.1) is 19.9 Å². The van der Waals surface area contributed by atoms with Gasteiger partial charge in [0.25, 0.3) is 0 Å². The first kappa shape index (κ1) is 14.2. The molecule has 1 aromatic carbocycles. The van der Waals surface area contributed by atoms with E-state index in [1.807, 2.05) is 18.2 Å². The largest absolute Gasteiger partial charge is 0.497 e. The number of nitrogens with zero attached hydrogens (tertiary/aromatic N) is 1. The molecule has 20 heavy (non-hydrogen) atoms. The smallest absolute Gasteiger partial charge is 0.149 e. The summed E-state index contributed by atoms with van der Waals surface area (Å²) in [6, 6.07) is 5.67. The Balaban J connectivity index is 2.55. The molecule has 1 aromatic heterocycles. The maximum Gasteiger partial charge on any atom is 0.149 e. The number of nitrogen functional groups attached to an aromatic ring is 1. The Labute approximate surface area is 119 Å². The molecular formula is C15H21N3O2. The fourth-order valence-corrected chi connectivity index (χ4v) is 2.23. The molecule has 108 valence electrons. The van der Waals surface area contributed by atoms with Crippen molar-refractivity contribution in [3.8, 4) is 22.8 Å². The van der Waals surface area contributed by atoms with Crippen molar-refractivity contribution in [2.45, 2.75) is 20.3 Å². The van der Waals surface area contributed by atoms with E-state index in [4.69, 9.17) is 15.2 Å². The van der Waals surface area contributed by atoms with E-state index >= 15 is 0 Å². The summed E-state index contributed by atoms with van der Waals surface area (Å²) in [5, 5.41) is 7.14. The van der Waals surface area contributed by atoms with Crippen molar-refractivity contribution >= 4 is 5.82 Å². The molecule has 2 aromatic rings. The van der Waals surface area contributed by atoms with Gasteiger partial charge in [-0.2, -0.15) is 5.10 Å². The lowest BCUT2D eigenvalue weighted by molar-refractivity contribution is 0.404. The molecule has 0 atom stereocenters. The van der Waals surface area contributed by atoms with E-state index in [1.165, 1.54) is 0 Å². The van der Waals surface area contributed by atoms with Gasteiger partial charge in [-0.15, -0.1) is 0 Å². The molecule has 0 aliphatic heterocycles. The normalized spacial score (nSPS) is 10.8. The van der Waals surface area contributed by atoms with Crippen molar-refractivity contribution in [1.29, 1.82) is 0 Å². The second kappa shape index (κ2) is 5.86. The molecule has 0 saturated carbocycles. The summed E-state index contributed by atoms with van der Waals surface area (Å²) in [6.07, 6.45) is 0.859. The van der Waals surface area contributed by atoms with Crippen LogP contribution in [0.3, 0.4) is 0 Å². The van der Waals surface area contributed by atoms with Crippen molar-refractivity contribution in [2.75, 3.05) is 20.0 Å². The molecule has 1 heterocycles. The first-order chi connectivity index (χ1) is 9.56. The number of aromatic nitrogens is 2. The van der Waals surface area contributed by atoms with Crippen LogP contribution in [0, 0.1) is 5.92 Å². The van der Waals surface area contributed by atoms with Crippen LogP contribution in [0.4, 0.5) is 5.82 Å². The number of methoxy groups -OCH3 is 2. The van der Waals surface area contributed by atoms with Crippen LogP contribution >= 0.6 is 0 Å². The van der Waals surface area contributed by atoms with Crippen LogP contribution in [-0.2, 0) is 6.42 Å². The third kappa shape index (κ3) is 2.71. The van der Waals surface area contributed by atoms with Crippen LogP contribution in [0.1, 0.15) is 19.4 Å². The monoisotopic (exact) mass is 275 g/mol. The van der Waals surface area contributed by atoms with Gasteiger partial charge in [0, 0.05) is 11.1 Å². The molecule has 0 bridgehead atoms. The minimum absolute atomic E-state index is 0.491. The number of rotatable bonds is 5. The molecule has 5 nitrogen and oxygen atoms in total. The zero-order valence-electron chi connectivity index (χ0n) is 12.4. The van der Waals surface area contributed by atoms with E-state index in [0.717, 1.165) is 34.7 Å². The second-order valence-electron chi connectivity index (χ2n) is 5.13. The number of hydrogen-bond donors (Lipinski definition) is 2. The number of H-pyrrole nitrogens is 1. The van der Waals surface area contributed by atoms with Gasteiger partial charge in [-0.25, -0.2) is 0 Å². The SMILES string of the molecule is COc1ccc(OC)c(-c2[nH]nc(N)c2CC(C)C)c1. The predicted molar refractivity (Wildman–Crippen MR) is 80.1 cm³/mol. The maximum atomic E-state index is 5.97. The fourth-order valence-electron chi connectivity index (χ4n) is 2.23. The van der Waals surface area contributed by atoms with E-state index in [2.05, 4.69) is 24.0 Å². The molecular weight excluding hydrogens is 254 g/mol. The number of nitrogens with two attached hydrogens (primary N) is 1. The molecule has 3 N–H and O–H groups in total. The first-order valence-corrected chi connectivity index (χ1v) is 6.62. The Morgan fingerprint density at radius 3 is 2.60 bits per heavy atom. The van der Waals surface area contributed by atoms with Gasteiger partial charge in [0.15, 0.2) is 0 Å². The molecule has 0 unspecified atom stereocenters. The molecule has 2 rings (SSSR count). The summed E-state index contributed by atoms with van der Waals surface area (Å²) in [4.78, 5) is 0. The molecule has 0 saturated heterocycles. The number of aromatic amines is 1. The molecule has 0 aliphatic carbocycles.